The second-order valence-corrected chi connectivity index (χ2v) is 5.84. The predicted octanol–water partition coefficient (Wildman–Crippen LogP) is 2.26. The maximum absolute atomic E-state index is 12.6. The minimum Gasteiger partial charge on any atom is -0.385 e. The number of hydrogen-bond donors (Lipinski definition) is 2. The number of allylic oxidation sites excluding steroid dienone is 1. The normalized spacial score (nSPS) is 20.9. The molecule has 0 bridgehead atoms. The Morgan fingerprint density at radius 3 is 2.95 bits per heavy atom. The van der Waals surface area contributed by atoms with Crippen LogP contribution in [0.25, 0.3) is 0 Å². The number of carbonyl (C=O) groups is 2. The number of fused-ring (bicyclic) bond motifs is 1. The molecule has 1 atom stereocenters. The second-order valence-electron chi connectivity index (χ2n) is 5.84. The number of nitrogens with zero attached hydrogens (tertiary/aromatic N) is 1. The van der Waals surface area contributed by atoms with E-state index in [4.69, 9.17) is 0 Å². The summed E-state index contributed by atoms with van der Waals surface area (Å²) >= 11 is 0. The summed E-state index contributed by atoms with van der Waals surface area (Å²) in [6, 6.07) is 5.33. The summed E-state index contributed by atoms with van der Waals surface area (Å²) in [5.74, 6) is -0.178. The fraction of sp³-hybridized carbons (Fsp3) is 0.412. The van der Waals surface area contributed by atoms with Gasteiger partial charge in [-0.15, -0.1) is 0 Å². The van der Waals surface area contributed by atoms with E-state index in [2.05, 4.69) is 24.1 Å². The summed E-state index contributed by atoms with van der Waals surface area (Å²) in [4.78, 5) is 26.5. The molecular weight excluding hydrogens is 278 g/mol. The first-order chi connectivity index (χ1) is 10.6. The van der Waals surface area contributed by atoms with E-state index in [0.717, 1.165) is 36.3 Å². The van der Waals surface area contributed by atoms with Crippen molar-refractivity contribution in [3.63, 3.8) is 0 Å². The van der Waals surface area contributed by atoms with Gasteiger partial charge >= 0.3 is 0 Å². The van der Waals surface area contributed by atoms with Crippen LogP contribution >= 0.6 is 0 Å². The Hall–Kier alpha value is -2.30. The van der Waals surface area contributed by atoms with Gasteiger partial charge in [0.25, 0.3) is 5.91 Å². The van der Waals surface area contributed by atoms with Gasteiger partial charge in [0.2, 0.25) is 5.91 Å². The summed E-state index contributed by atoms with van der Waals surface area (Å²) in [7, 11) is 0. The molecule has 0 spiro atoms. The van der Waals surface area contributed by atoms with Crippen LogP contribution in [0.2, 0.25) is 0 Å². The Bertz CT molecular complexity index is 639. The largest absolute Gasteiger partial charge is 0.385 e. The fourth-order valence-electron chi connectivity index (χ4n) is 3.09. The topological polar surface area (TPSA) is 61.4 Å². The molecule has 0 radical (unpaired) electrons. The van der Waals surface area contributed by atoms with Gasteiger partial charge in [0.05, 0.1) is 0 Å². The zero-order valence-corrected chi connectivity index (χ0v) is 12.8. The molecule has 5 heteroatoms. The molecule has 5 nitrogen and oxygen atoms in total. The highest BCUT2D eigenvalue weighted by Crippen LogP contribution is 2.32. The third-order valence-corrected chi connectivity index (χ3v) is 4.26. The van der Waals surface area contributed by atoms with E-state index < -0.39 is 6.04 Å². The van der Waals surface area contributed by atoms with Crippen LogP contribution in [0.5, 0.6) is 0 Å². The average molecular weight is 299 g/mol. The van der Waals surface area contributed by atoms with Crippen molar-refractivity contribution in [3.8, 4) is 0 Å². The number of anilines is 1. The minimum absolute atomic E-state index is 0.0530. The highest BCUT2D eigenvalue weighted by atomic mass is 16.2. The predicted molar refractivity (Wildman–Crippen MR) is 85.4 cm³/mol. The molecule has 3 rings (SSSR count). The van der Waals surface area contributed by atoms with Crippen molar-refractivity contribution in [3.05, 3.63) is 41.6 Å². The van der Waals surface area contributed by atoms with E-state index in [1.165, 1.54) is 0 Å². The summed E-state index contributed by atoms with van der Waals surface area (Å²) < 4.78 is 0. The molecule has 22 heavy (non-hydrogen) atoms. The summed E-state index contributed by atoms with van der Waals surface area (Å²) in [5, 5.41) is 6.12. The molecule has 2 aliphatic rings. The summed E-state index contributed by atoms with van der Waals surface area (Å²) in [5.41, 5.74) is 3.43. The van der Waals surface area contributed by atoms with Gasteiger partial charge in [-0.25, -0.2) is 0 Å². The molecule has 2 N–H and O–H groups in total. The molecular formula is C17H21N3O2. The van der Waals surface area contributed by atoms with Crippen LogP contribution in [0.15, 0.2) is 30.5 Å². The highest BCUT2D eigenvalue weighted by Gasteiger charge is 2.38. The van der Waals surface area contributed by atoms with Crippen LogP contribution in [-0.4, -0.2) is 29.3 Å². The zero-order chi connectivity index (χ0) is 15.7. The molecule has 2 amide bonds. The number of hydrogen-bond acceptors (Lipinski definition) is 3. The fourth-order valence-corrected chi connectivity index (χ4v) is 3.09. The van der Waals surface area contributed by atoms with Crippen LogP contribution in [0, 0.1) is 0 Å². The lowest BCUT2D eigenvalue weighted by molar-refractivity contribution is -0.126. The Balaban J connectivity index is 1.84. The van der Waals surface area contributed by atoms with E-state index in [9.17, 15) is 9.59 Å². The zero-order valence-electron chi connectivity index (χ0n) is 12.8. The van der Waals surface area contributed by atoms with Crippen LogP contribution < -0.4 is 10.6 Å². The van der Waals surface area contributed by atoms with Gasteiger partial charge in [-0.2, -0.15) is 0 Å². The molecule has 2 heterocycles. The van der Waals surface area contributed by atoms with E-state index >= 15 is 0 Å². The monoisotopic (exact) mass is 299 g/mol. The van der Waals surface area contributed by atoms with Crippen molar-refractivity contribution in [1.82, 2.24) is 10.2 Å². The molecule has 116 valence electrons. The number of benzene rings is 1. The van der Waals surface area contributed by atoms with Crippen LogP contribution in [0.4, 0.5) is 5.69 Å². The highest BCUT2D eigenvalue weighted by molar-refractivity contribution is 6.02. The number of carbonyl (C=O) groups excluding carboxylic acids is 2. The molecule has 0 saturated carbocycles. The Morgan fingerprint density at radius 1 is 1.41 bits per heavy atom. The van der Waals surface area contributed by atoms with Crippen LogP contribution in [-0.2, 0) is 11.3 Å². The number of nitrogens with one attached hydrogen (secondary N) is 2. The van der Waals surface area contributed by atoms with Crippen LogP contribution in [0.3, 0.4) is 0 Å². The number of piperidine rings is 1. The molecule has 2 aliphatic heterocycles. The molecule has 1 aromatic rings. The van der Waals surface area contributed by atoms with Gasteiger partial charge in [0, 0.05) is 35.6 Å². The van der Waals surface area contributed by atoms with Crippen LogP contribution in [0.1, 0.15) is 42.1 Å². The molecule has 1 fully saturated rings. The van der Waals surface area contributed by atoms with E-state index in [1.54, 1.807) is 4.90 Å². The maximum atomic E-state index is 12.6. The third kappa shape index (κ3) is 2.47. The lowest BCUT2D eigenvalue weighted by atomic mass is 10.0. The van der Waals surface area contributed by atoms with Gasteiger partial charge in [-0.05, 0) is 31.4 Å². The van der Waals surface area contributed by atoms with Gasteiger partial charge < -0.3 is 15.5 Å². The quantitative estimate of drug-likeness (QED) is 0.896. The molecule has 1 unspecified atom stereocenters. The molecule has 1 saturated heterocycles. The molecule has 0 aromatic heterocycles. The van der Waals surface area contributed by atoms with Crippen molar-refractivity contribution in [1.29, 1.82) is 0 Å². The lowest BCUT2D eigenvalue weighted by Crippen LogP contribution is -2.49. The van der Waals surface area contributed by atoms with Crippen molar-refractivity contribution in [2.75, 3.05) is 11.9 Å². The van der Waals surface area contributed by atoms with Gasteiger partial charge in [-0.1, -0.05) is 19.6 Å². The van der Waals surface area contributed by atoms with Gasteiger partial charge in [0.15, 0.2) is 0 Å². The maximum Gasteiger partial charge on any atom is 0.255 e. The van der Waals surface area contributed by atoms with Crippen molar-refractivity contribution in [2.24, 2.45) is 0 Å². The second kappa shape index (κ2) is 5.83. The first-order valence-corrected chi connectivity index (χ1v) is 7.77. The Kier molecular flexibility index (Phi) is 3.88. The van der Waals surface area contributed by atoms with E-state index in [-0.39, 0.29) is 11.8 Å². The Morgan fingerprint density at radius 2 is 2.23 bits per heavy atom. The minimum atomic E-state index is -0.399. The third-order valence-electron chi connectivity index (χ3n) is 4.26. The lowest BCUT2D eigenvalue weighted by Gasteiger charge is -2.31. The molecule has 0 aliphatic carbocycles. The molecule has 1 aromatic carbocycles. The van der Waals surface area contributed by atoms with Gasteiger partial charge in [-0.3, -0.25) is 9.59 Å². The van der Waals surface area contributed by atoms with E-state index in [1.807, 2.05) is 18.2 Å². The SMILES string of the molecule is C=C1CCC(N2Cc3c(NCCC)cccc3C2=O)C(=O)N1. The van der Waals surface area contributed by atoms with Crippen molar-refractivity contribution in [2.45, 2.75) is 38.8 Å². The standard InChI is InChI=1S/C17H21N3O2/c1-3-9-18-14-6-4-5-12-13(14)10-20(17(12)22)15-8-7-11(2)19-16(15)21/h4-6,15,18H,2-3,7-10H2,1H3,(H,19,21). The first kappa shape index (κ1) is 14.6. The smallest absolute Gasteiger partial charge is 0.255 e. The summed E-state index contributed by atoms with van der Waals surface area (Å²) in [6.45, 7) is 7.25. The first-order valence-electron chi connectivity index (χ1n) is 7.77. The Labute approximate surface area is 130 Å². The van der Waals surface area contributed by atoms with Crippen molar-refractivity contribution >= 4 is 17.5 Å². The number of amides is 2. The number of rotatable bonds is 4. The van der Waals surface area contributed by atoms with E-state index in [0.29, 0.717) is 18.5 Å². The summed E-state index contributed by atoms with van der Waals surface area (Å²) in [6.07, 6.45) is 2.38. The van der Waals surface area contributed by atoms with Gasteiger partial charge in [0.1, 0.15) is 6.04 Å². The average Bonchev–Trinajstić information content (AvgIpc) is 2.83. The van der Waals surface area contributed by atoms with Crippen molar-refractivity contribution < 1.29 is 9.59 Å².